The highest BCUT2D eigenvalue weighted by Gasteiger charge is 2.58. The molecular formula is C15H22O4. The summed E-state index contributed by atoms with van der Waals surface area (Å²) in [5.41, 5.74) is 0.655. The Labute approximate surface area is 113 Å². The lowest BCUT2D eigenvalue weighted by atomic mass is 9.55. The molecule has 6 atom stereocenters. The van der Waals surface area contributed by atoms with Crippen molar-refractivity contribution in [1.29, 1.82) is 0 Å². The summed E-state index contributed by atoms with van der Waals surface area (Å²) in [6, 6.07) is 0. The van der Waals surface area contributed by atoms with Gasteiger partial charge in [0, 0.05) is 17.3 Å². The number of hydrogen-bond acceptors (Lipinski definition) is 4. The van der Waals surface area contributed by atoms with E-state index in [-0.39, 0.29) is 41.8 Å². The quantitative estimate of drug-likeness (QED) is 0.554. The van der Waals surface area contributed by atoms with Crippen molar-refractivity contribution in [3.8, 4) is 0 Å². The first-order chi connectivity index (χ1) is 8.99. The van der Waals surface area contributed by atoms with Crippen LogP contribution in [0.15, 0.2) is 11.6 Å². The van der Waals surface area contributed by atoms with Crippen LogP contribution in [-0.4, -0.2) is 35.0 Å². The second kappa shape index (κ2) is 4.32. The highest BCUT2D eigenvalue weighted by molar-refractivity contribution is 5.75. The highest BCUT2D eigenvalue weighted by atomic mass is 16.6. The van der Waals surface area contributed by atoms with Gasteiger partial charge in [0.2, 0.25) is 0 Å². The zero-order chi connectivity index (χ0) is 13.8. The third kappa shape index (κ3) is 1.69. The topological polar surface area (TPSA) is 66.8 Å². The Balaban J connectivity index is 2.01. The van der Waals surface area contributed by atoms with Crippen molar-refractivity contribution in [1.82, 2.24) is 0 Å². The van der Waals surface area contributed by atoms with E-state index in [9.17, 15) is 15.0 Å². The normalized spacial score (nSPS) is 49.2. The van der Waals surface area contributed by atoms with E-state index in [2.05, 4.69) is 6.92 Å². The van der Waals surface area contributed by atoms with Crippen LogP contribution < -0.4 is 0 Å². The fraction of sp³-hybridized carbons (Fsp3) is 0.800. The summed E-state index contributed by atoms with van der Waals surface area (Å²) >= 11 is 0. The molecule has 0 aromatic heterocycles. The van der Waals surface area contributed by atoms with Gasteiger partial charge in [0.05, 0.1) is 18.6 Å². The zero-order valence-corrected chi connectivity index (χ0v) is 11.5. The fourth-order valence-corrected chi connectivity index (χ4v) is 4.36. The van der Waals surface area contributed by atoms with E-state index in [1.807, 2.05) is 13.0 Å². The minimum atomic E-state index is -0.414. The number of ether oxygens (including phenoxy) is 1. The molecule has 2 fully saturated rings. The molecule has 0 bridgehead atoms. The minimum Gasteiger partial charge on any atom is -0.461 e. The lowest BCUT2D eigenvalue weighted by Crippen LogP contribution is -2.53. The Kier molecular flexibility index (Phi) is 2.98. The highest BCUT2D eigenvalue weighted by Crippen LogP contribution is 2.56. The van der Waals surface area contributed by atoms with Crippen molar-refractivity contribution in [2.24, 2.45) is 23.2 Å². The Bertz CT molecular complexity index is 430. The van der Waals surface area contributed by atoms with E-state index in [1.165, 1.54) is 0 Å². The Morgan fingerprint density at radius 3 is 2.95 bits per heavy atom. The number of esters is 1. The maximum atomic E-state index is 11.8. The predicted octanol–water partition coefficient (Wildman–Crippen LogP) is 1.26. The largest absolute Gasteiger partial charge is 0.461 e. The zero-order valence-electron chi connectivity index (χ0n) is 11.5. The van der Waals surface area contributed by atoms with Crippen LogP contribution in [0.25, 0.3) is 0 Å². The second-order valence-corrected chi connectivity index (χ2v) is 6.56. The number of carbonyl (C=O) groups excluding carboxylic acids is 1. The van der Waals surface area contributed by atoms with E-state index in [1.54, 1.807) is 0 Å². The SMILES string of the molecule is C[C@@H]1C(=O)O[C@H]2[C@H]1CC[C@@]1(C)[C@H](O)CC=C(CO)[C@H]21. The van der Waals surface area contributed by atoms with Gasteiger partial charge in [0.1, 0.15) is 6.10 Å². The van der Waals surface area contributed by atoms with E-state index in [0.29, 0.717) is 6.42 Å². The van der Waals surface area contributed by atoms with Crippen LogP contribution >= 0.6 is 0 Å². The minimum absolute atomic E-state index is 0.0118. The maximum Gasteiger partial charge on any atom is 0.309 e. The lowest BCUT2D eigenvalue weighted by molar-refractivity contribution is -0.151. The van der Waals surface area contributed by atoms with E-state index >= 15 is 0 Å². The summed E-state index contributed by atoms with van der Waals surface area (Å²) in [6.45, 7) is 3.98. The summed E-state index contributed by atoms with van der Waals surface area (Å²) in [6.07, 6.45) is 3.73. The molecule has 1 heterocycles. The molecule has 2 N–H and O–H groups in total. The Hall–Kier alpha value is -0.870. The predicted molar refractivity (Wildman–Crippen MR) is 69.2 cm³/mol. The molecule has 0 radical (unpaired) electrons. The fourth-order valence-electron chi connectivity index (χ4n) is 4.36. The number of hydrogen-bond donors (Lipinski definition) is 2. The van der Waals surface area contributed by atoms with E-state index in [0.717, 1.165) is 18.4 Å². The Morgan fingerprint density at radius 2 is 2.26 bits per heavy atom. The van der Waals surface area contributed by atoms with Crippen LogP contribution in [0.3, 0.4) is 0 Å². The van der Waals surface area contributed by atoms with Gasteiger partial charge in [0.15, 0.2) is 0 Å². The van der Waals surface area contributed by atoms with Gasteiger partial charge >= 0.3 is 5.97 Å². The van der Waals surface area contributed by atoms with Crippen molar-refractivity contribution in [3.63, 3.8) is 0 Å². The summed E-state index contributed by atoms with van der Waals surface area (Å²) in [5.74, 6) is 0.00453. The monoisotopic (exact) mass is 266 g/mol. The number of carbonyl (C=O) groups is 1. The van der Waals surface area contributed by atoms with Gasteiger partial charge in [0.25, 0.3) is 0 Å². The van der Waals surface area contributed by atoms with Gasteiger partial charge in [-0.25, -0.2) is 0 Å². The molecule has 3 aliphatic rings. The molecule has 4 nitrogen and oxygen atoms in total. The summed E-state index contributed by atoms with van der Waals surface area (Å²) < 4.78 is 5.59. The molecule has 3 rings (SSSR count). The van der Waals surface area contributed by atoms with Crippen LogP contribution in [0.2, 0.25) is 0 Å². The van der Waals surface area contributed by atoms with Gasteiger partial charge < -0.3 is 14.9 Å². The maximum absolute atomic E-state index is 11.8. The summed E-state index contributed by atoms with van der Waals surface area (Å²) in [4.78, 5) is 11.8. The standard InChI is InChI=1S/C15H22O4/c1-8-10-5-6-15(2)11(17)4-3-9(7-16)12(15)13(10)19-14(8)18/h3,8,10-13,16-17H,4-7H2,1-2H3/t8-,10-,11+,12+,13-,15-/m0/s1. The molecule has 2 aliphatic carbocycles. The van der Waals surface area contributed by atoms with Crippen molar-refractivity contribution >= 4 is 5.97 Å². The van der Waals surface area contributed by atoms with Gasteiger partial charge in [-0.15, -0.1) is 0 Å². The third-order valence-corrected chi connectivity index (χ3v) is 5.69. The molecule has 0 amide bonds. The molecule has 1 saturated carbocycles. The number of fused-ring (bicyclic) bond motifs is 3. The molecule has 106 valence electrons. The first kappa shape index (κ1) is 13.1. The summed E-state index contributed by atoms with van der Waals surface area (Å²) in [7, 11) is 0. The van der Waals surface area contributed by atoms with Crippen molar-refractivity contribution in [3.05, 3.63) is 11.6 Å². The molecule has 4 heteroatoms. The molecule has 19 heavy (non-hydrogen) atoms. The number of rotatable bonds is 1. The van der Waals surface area contributed by atoms with Crippen LogP contribution in [0.4, 0.5) is 0 Å². The second-order valence-electron chi connectivity index (χ2n) is 6.56. The van der Waals surface area contributed by atoms with E-state index < -0.39 is 6.10 Å². The van der Waals surface area contributed by atoms with Gasteiger partial charge in [-0.2, -0.15) is 0 Å². The van der Waals surface area contributed by atoms with Crippen LogP contribution in [0.1, 0.15) is 33.1 Å². The van der Waals surface area contributed by atoms with Gasteiger partial charge in [-0.1, -0.05) is 19.9 Å². The van der Waals surface area contributed by atoms with Crippen molar-refractivity contribution < 1.29 is 19.7 Å². The first-order valence-electron chi connectivity index (χ1n) is 7.17. The number of aliphatic hydroxyl groups is 2. The molecule has 0 spiro atoms. The van der Waals surface area contributed by atoms with Gasteiger partial charge in [-0.05, 0) is 24.8 Å². The summed E-state index contributed by atoms with van der Waals surface area (Å²) in [5, 5.41) is 20.0. The number of aliphatic hydroxyl groups excluding tert-OH is 2. The molecule has 0 unspecified atom stereocenters. The van der Waals surface area contributed by atoms with E-state index in [4.69, 9.17) is 4.74 Å². The van der Waals surface area contributed by atoms with Gasteiger partial charge in [-0.3, -0.25) is 4.79 Å². The Morgan fingerprint density at radius 1 is 1.53 bits per heavy atom. The molecule has 0 aromatic rings. The molecule has 0 aromatic carbocycles. The van der Waals surface area contributed by atoms with Crippen molar-refractivity contribution in [2.75, 3.05) is 6.61 Å². The van der Waals surface area contributed by atoms with Crippen LogP contribution in [0, 0.1) is 23.2 Å². The average Bonchev–Trinajstić information content (AvgIpc) is 2.67. The van der Waals surface area contributed by atoms with Crippen LogP contribution in [0.5, 0.6) is 0 Å². The lowest BCUT2D eigenvalue weighted by Gasteiger charge is -2.52. The smallest absolute Gasteiger partial charge is 0.309 e. The van der Waals surface area contributed by atoms with Crippen molar-refractivity contribution in [2.45, 2.75) is 45.3 Å². The molecule has 1 saturated heterocycles. The first-order valence-corrected chi connectivity index (χ1v) is 7.17. The molecular weight excluding hydrogens is 244 g/mol. The third-order valence-electron chi connectivity index (χ3n) is 5.69. The van der Waals surface area contributed by atoms with Crippen LogP contribution in [-0.2, 0) is 9.53 Å². The molecule has 1 aliphatic heterocycles. The average molecular weight is 266 g/mol.